The van der Waals surface area contributed by atoms with E-state index < -0.39 is 0 Å². The second-order valence-corrected chi connectivity index (χ2v) is 6.89. The van der Waals surface area contributed by atoms with Crippen LogP contribution in [-0.4, -0.2) is 12.8 Å². The maximum absolute atomic E-state index is 2.42. The van der Waals surface area contributed by atoms with Crippen molar-refractivity contribution in [2.45, 2.75) is 40.5 Å². The Kier molecular flexibility index (Phi) is 5.84. The number of hydrogen-bond donors (Lipinski definition) is 0. The molecule has 0 amide bonds. The summed E-state index contributed by atoms with van der Waals surface area (Å²) >= 11 is 0. The zero-order valence-corrected chi connectivity index (χ0v) is 10.1. The van der Waals surface area contributed by atoms with Crippen LogP contribution >= 0.6 is 7.92 Å². The van der Waals surface area contributed by atoms with E-state index in [-0.39, 0.29) is 7.92 Å². The van der Waals surface area contributed by atoms with Gasteiger partial charge in [-0.1, -0.05) is 53.9 Å². The van der Waals surface area contributed by atoms with Crippen molar-refractivity contribution in [1.29, 1.82) is 0 Å². The molecule has 0 spiro atoms. The molecule has 0 aromatic rings. The highest BCUT2D eigenvalue weighted by Crippen LogP contribution is 2.33. The minimum absolute atomic E-state index is 0.186. The molecule has 0 fully saturated rings. The highest BCUT2D eigenvalue weighted by molar-refractivity contribution is 7.60. The van der Waals surface area contributed by atoms with Gasteiger partial charge in [-0.15, -0.1) is 0 Å². The Bertz CT molecular complexity index is 130. The van der Waals surface area contributed by atoms with Gasteiger partial charge in [0.25, 0.3) is 0 Å². The van der Waals surface area contributed by atoms with Crippen LogP contribution in [0.25, 0.3) is 0 Å². The van der Waals surface area contributed by atoms with Crippen LogP contribution in [0, 0.1) is 5.41 Å². The molecule has 0 rings (SSSR count). The first-order valence-corrected chi connectivity index (χ1v) is 6.87. The predicted molar refractivity (Wildman–Crippen MR) is 61.2 cm³/mol. The lowest BCUT2D eigenvalue weighted by atomic mass is 9.93. The van der Waals surface area contributed by atoms with Crippen LogP contribution in [-0.2, 0) is 0 Å². The molecule has 1 heteroatoms. The number of rotatable bonds is 4. The second-order valence-electron chi connectivity index (χ2n) is 4.63. The van der Waals surface area contributed by atoms with Crippen LogP contribution in [0.15, 0.2) is 11.9 Å². The van der Waals surface area contributed by atoms with Gasteiger partial charge in [0, 0.05) is 0 Å². The second kappa shape index (κ2) is 5.75. The molecular weight excluding hydrogens is 163 g/mol. The van der Waals surface area contributed by atoms with E-state index in [2.05, 4.69) is 46.3 Å². The largest absolute Gasteiger partial charge is 0.0868 e. The fourth-order valence-corrected chi connectivity index (χ4v) is 2.33. The maximum Gasteiger partial charge on any atom is -0.0296 e. The molecular formula is C11H23P. The van der Waals surface area contributed by atoms with Crippen LogP contribution in [0.5, 0.6) is 0 Å². The molecule has 0 saturated carbocycles. The van der Waals surface area contributed by atoms with Gasteiger partial charge in [-0.3, -0.25) is 0 Å². The Morgan fingerprint density at radius 3 is 2.25 bits per heavy atom. The summed E-state index contributed by atoms with van der Waals surface area (Å²) in [6.45, 7) is 11.5. The molecule has 0 aliphatic rings. The van der Waals surface area contributed by atoms with E-state index in [0.717, 1.165) is 0 Å². The Morgan fingerprint density at radius 1 is 1.25 bits per heavy atom. The molecule has 0 heterocycles. The standard InChI is InChI=1S/C11H23P/c1-6-9-12(5)10-7-8-11(2,3)4/h7,10H,6,8-9H2,1-5H3. The minimum Gasteiger partial charge on any atom is -0.0868 e. The van der Waals surface area contributed by atoms with Gasteiger partial charge in [-0.05, 0) is 24.7 Å². The van der Waals surface area contributed by atoms with Crippen molar-refractivity contribution in [3.8, 4) is 0 Å². The van der Waals surface area contributed by atoms with Gasteiger partial charge in [0.05, 0.1) is 0 Å². The molecule has 0 saturated heterocycles. The normalized spacial score (nSPS) is 15.4. The number of allylic oxidation sites excluding steroid dienone is 1. The van der Waals surface area contributed by atoms with Crippen molar-refractivity contribution in [3.05, 3.63) is 11.9 Å². The summed E-state index contributed by atoms with van der Waals surface area (Å²) in [7, 11) is 0.186. The molecule has 0 N–H and O–H groups in total. The van der Waals surface area contributed by atoms with Crippen LogP contribution in [0.3, 0.4) is 0 Å². The first-order chi connectivity index (χ1) is 5.45. The number of hydrogen-bond acceptors (Lipinski definition) is 0. The topological polar surface area (TPSA) is 0 Å². The SMILES string of the molecule is CCCP(C)C=CCC(C)(C)C. The average molecular weight is 186 g/mol. The van der Waals surface area contributed by atoms with Crippen LogP contribution in [0.2, 0.25) is 0 Å². The lowest BCUT2D eigenvalue weighted by Crippen LogP contribution is -2.01. The Hall–Kier alpha value is 0.170. The molecule has 0 aliphatic carbocycles. The highest BCUT2D eigenvalue weighted by atomic mass is 31.1. The van der Waals surface area contributed by atoms with E-state index in [1.54, 1.807) is 0 Å². The van der Waals surface area contributed by atoms with E-state index in [0.29, 0.717) is 5.41 Å². The van der Waals surface area contributed by atoms with Crippen LogP contribution in [0.1, 0.15) is 40.5 Å². The third-order valence-corrected chi connectivity index (χ3v) is 3.54. The van der Waals surface area contributed by atoms with Crippen molar-refractivity contribution in [2.24, 2.45) is 5.41 Å². The van der Waals surface area contributed by atoms with Crippen molar-refractivity contribution >= 4 is 7.92 Å². The fraction of sp³-hybridized carbons (Fsp3) is 0.818. The van der Waals surface area contributed by atoms with Gasteiger partial charge in [0.1, 0.15) is 0 Å². The summed E-state index contributed by atoms with van der Waals surface area (Å²) in [5.74, 6) is 2.42. The fourth-order valence-electron chi connectivity index (χ4n) is 1.01. The van der Waals surface area contributed by atoms with Crippen molar-refractivity contribution in [2.75, 3.05) is 12.8 Å². The molecule has 1 unspecified atom stereocenters. The molecule has 1 atom stereocenters. The van der Waals surface area contributed by atoms with E-state index in [1.165, 1.54) is 19.0 Å². The van der Waals surface area contributed by atoms with Crippen molar-refractivity contribution in [3.63, 3.8) is 0 Å². The van der Waals surface area contributed by atoms with E-state index in [4.69, 9.17) is 0 Å². The zero-order valence-electron chi connectivity index (χ0n) is 9.22. The average Bonchev–Trinajstić information content (AvgIpc) is 1.84. The van der Waals surface area contributed by atoms with Gasteiger partial charge in [0.15, 0.2) is 0 Å². The summed E-state index contributed by atoms with van der Waals surface area (Å²) in [4.78, 5) is 0. The predicted octanol–water partition coefficient (Wildman–Crippen LogP) is 4.46. The van der Waals surface area contributed by atoms with Gasteiger partial charge >= 0.3 is 0 Å². The summed E-state index contributed by atoms with van der Waals surface area (Å²) in [5, 5.41) is 0. The highest BCUT2D eigenvalue weighted by Gasteiger charge is 2.06. The third-order valence-electron chi connectivity index (χ3n) is 1.67. The molecule has 0 aromatic carbocycles. The van der Waals surface area contributed by atoms with E-state index >= 15 is 0 Å². The molecule has 12 heavy (non-hydrogen) atoms. The molecule has 0 aliphatic heterocycles. The molecule has 0 radical (unpaired) electrons. The minimum atomic E-state index is 0.186. The smallest absolute Gasteiger partial charge is 0.0296 e. The lowest BCUT2D eigenvalue weighted by molar-refractivity contribution is 0.421. The van der Waals surface area contributed by atoms with Gasteiger partial charge in [-0.25, -0.2) is 0 Å². The summed E-state index contributed by atoms with van der Waals surface area (Å²) in [6.07, 6.45) is 6.28. The quantitative estimate of drug-likeness (QED) is 0.569. The first-order valence-electron chi connectivity index (χ1n) is 4.82. The van der Waals surface area contributed by atoms with Crippen LogP contribution < -0.4 is 0 Å². The molecule has 72 valence electrons. The van der Waals surface area contributed by atoms with Gasteiger partial charge < -0.3 is 0 Å². The van der Waals surface area contributed by atoms with Crippen molar-refractivity contribution in [1.82, 2.24) is 0 Å². The van der Waals surface area contributed by atoms with Gasteiger partial charge in [-0.2, -0.15) is 0 Å². The summed E-state index contributed by atoms with van der Waals surface area (Å²) < 4.78 is 0. The summed E-state index contributed by atoms with van der Waals surface area (Å²) in [6, 6.07) is 0. The lowest BCUT2D eigenvalue weighted by Gasteiger charge is -2.15. The first kappa shape index (κ1) is 12.2. The molecule has 0 bridgehead atoms. The molecule has 0 nitrogen and oxygen atoms in total. The zero-order chi connectivity index (χ0) is 9.61. The Labute approximate surface area is 79.2 Å². The third kappa shape index (κ3) is 8.27. The van der Waals surface area contributed by atoms with Gasteiger partial charge in [0.2, 0.25) is 0 Å². The Morgan fingerprint density at radius 2 is 1.83 bits per heavy atom. The van der Waals surface area contributed by atoms with Crippen LogP contribution in [0.4, 0.5) is 0 Å². The Balaban J connectivity index is 3.61. The monoisotopic (exact) mass is 186 g/mol. The molecule has 0 aromatic heterocycles. The van der Waals surface area contributed by atoms with E-state index in [9.17, 15) is 0 Å². The van der Waals surface area contributed by atoms with Crippen molar-refractivity contribution < 1.29 is 0 Å². The summed E-state index contributed by atoms with van der Waals surface area (Å²) in [5.41, 5.74) is 0.457. The maximum atomic E-state index is 2.42. The van der Waals surface area contributed by atoms with E-state index in [1.807, 2.05) is 0 Å².